The van der Waals surface area contributed by atoms with Gasteiger partial charge in [-0.1, -0.05) is 72.8 Å². The molecule has 0 radical (unpaired) electrons. The highest BCUT2D eigenvalue weighted by molar-refractivity contribution is 6.30. The van der Waals surface area contributed by atoms with Crippen LogP contribution >= 0.6 is 0 Å². The van der Waals surface area contributed by atoms with Gasteiger partial charge in [0, 0.05) is 19.0 Å². The Morgan fingerprint density at radius 1 is 0.897 bits per heavy atom. The zero-order chi connectivity index (χ0) is 27.0. The zero-order valence-electron chi connectivity index (χ0n) is 21.6. The van der Waals surface area contributed by atoms with Gasteiger partial charge in [0.2, 0.25) is 5.72 Å². The van der Waals surface area contributed by atoms with E-state index in [-0.39, 0.29) is 12.5 Å². The molecule has 39 heavy (non-hydrogen) atoms. The minimum Gasteiger partial charge on any atom is -0.465 e. The molecule has 200 valence electrons. The molecule has 0 saturated carbocycles. The highest BCUT2D eigenvalue weighted by atomic mass is 16.8. The van der Waals surface area contributed by atoms with E-state index >= 15 is 0 Å². The molecule has 0 aromatic heterocycles. The van der Waals surface area contributed by atoms with Gasteiger partial charge >= 0.3 is 17.9 Å². The lowest BCUT2D eigenvalue weighted by atomic mass is 9.66. The number of rotatable bonds is 7. The Bertz CT molecular complexity index is 1350. The van der Waals surface area contributed by atoms with Gasteiger partial charge in [-0.3, -0.25) is 4.90 Å². The van der Waals surface area contributed by atoms with Crippen molar-refractivity contribution in [2.45, 2.75) is 36.9 Å². The average molecular weight is 528 g/mol. The van der Waals surface area contributed by atoms with Crippen LogP contribution < -0.4 is 0 Å². The van der Waals surface area contributed by atoms with Crippen molar-refractivity contribution in [2.75, 3.05) is 20.2 Å². The van der Waals surface area contributed by atoms with Crippen molar-refractivity contribution in [1.29, 1.82) is 0 Å². The molecule has 0 N–H and O–H groups in total. The van der Waals surface area contributed by atoms with Crippen LogP contribution in [-0.2, 0) is 35.1 Å². The molecular formula is C31H29NO7. The number of carbonyl (C=O) groups excluding carboxylic acids is 3. The SMILES string of the molecule is COC(=O)c1cccc(COC23OC(=O)C(=O)OC2(C(c2ccccc2)c2ccccc2)N2CCC3CC2)c1. The Morgan fingerprint density at radius 2 is 1.51 bits per heavy atom. The number of methoxy groups -OCH3 is 1. The summed E-state index contributed by atoms with van der Waals surface area (Å²) >= 11 is 0. The lowest BCUT2D eigenvalue weighted by Crippen LogP contribution is -2.82. The Labute approximate surface area is 226 Å². The number of ether oxygens (including phenoxy) is 4. The summed E-state index contributed by atoms with van der Waals surface area (Å²) in [6, 6.07) is 26.5. The summed E-state index contributed by atoms with van der Waals surface area (Å²) in [5.41, 5.74) is 1.45. The molecule has 8 heteroatoms. The fourth-order valence-electron chi connectivity index (χ4n) is 6.48. The third-order valence-electron chi connectivity index (χ3n) is 8.12. The van der Waals surface area contributed by atoms with Gasteiger partial charge in [-0.15, -0.1) is 0 Å². The van der Waals surface area contributed by atoms with Crippen molar-refractivity contribution < 1.29 is 33.3 Å². The van der Waals surface area contributed by atoms with Crippen LogP contribution in [0.1, 0.15) is 45.8 Å². The van der Waals surface area contributed by atoms with Gasteiger partial charge in [0.15, 0.2) is 0 Å². The summed E-state index contributed by atoms with van der Waals surface area (Å²) < 4.78 is 23.9. The molecule has 4 fully saturated rings. The molecule has 4 aliphatic rings. The van der Waals surface area contributed by atoms with Gasteiger partial charge in [0.1, 0.15) is 0 Å². The fourth-order valence-corrected chi connectivity index (χ4v) is 6.48. The molecule has 3 aromatic carbocycles. The normalized spacial score (nSPS) is 27.4. The van der Waals surface area contributed by atoms with Crippen LogP contribution in [0.2, 0.25) is 0 Å². The van der Waals surface area contributed by atoms with Crippen LogP contribution in [0, 0.1) is 5.92 Å². The number of piperidine rings is 3. The number of hydrogen-bond donors (Lipinski definition) is 0. The highest BCUT2D eigenvalue weighted by Gasteiger charge is 2.76. The molecule has 3 aromatic rings. The maximum absolute atomic E-state index is 13.0. The number of fused-ring (bicyclic) bond motifs is 2. The second-order valence-corrected chi connectivity index (χ2v) is 10.1. The number of nitrogens with zero attached hydrogens (tertiary/aromatic N) is 1. The number of hydrogen-bond acceptors (Lipinski definition) is 8. The lowest BCUT2D eigenvalue weighted by molar-refractivity contribution is -0.417. The van der Waals surface area contributed by atoms with Gasteiger partial charge in [-0.25, -0.2) is 14.4 Å². The summed E-state index contributed by atoms with van der Waals surface area (Å²) in [5, 5.41) is 0. The molecule has 4 saturated heterocycles. The first-order chi connectivity index (χ1) is 19.0. The minimum atomic E-state index is -1.58. The van der Waals surface area contributed by atoms with Crippen molar-refractivity contribution in [2.24, 2.45) is 5.92 Å². The smallest absolute Gasteiger partial charge is 0.420 e. The fraction of sp³-hybridized carbons (Fsp3) is 0.323. The molecule has 2 unspecified atom stereocenters. The largest absolute Gasteiger partial charge is 0.465 e. The van der Waals surface area contributed by atoms with Gasteiger partial charge in [0.05, 0.1) is 25.2 Å². The van der Waals surface area contributed by atoms with Crippen LogP contribution in [-0.4, -0.2) is 54.5 Å². The molecule has 8 nitrogen and oxygen atoms in total. The van der Waals surface area contributed by atoms with E-state index in [4.69, 9.17) is 18.9 Å². The maximum atomic E-state index is 13.0. The topological polar surface area (TPSA) is 91.4 Å². The van der Waals surface area contributed by atoms with Crippen LogP contribution in [0.5, 0.6) is 0 Å². The quantitative estimate of drug-likeness (QED) is 0.258. The van der Waals surface area contributed by atoms with Gasteiger partial charge < -0.3 is 18.9 Å². The van der Waals surface area contributed by atoms with E-state index in [2.05, 4.69) is 4.90 Å². The van der Waals surface area contributed by atoms with E-state index < -0.39 is 35.3 Å². The predicted octanol–water partition coefficient (Wildman–Crippen LogP) is 4.04. The second kappa shape index (κ2) is 9.94. The Balaban J connectivity index is 1.51. The predicted molar refractivity (Wildman–Crippen MR) is 139 cm³/mol. The monoisotopic (exact) mass is 527 g/mol. The van der Waals surface area contributed by atoms with E-state index in [0.29, 0.717) is 37.1 Å². The van der Waals surface area contributed by atoms with Gasteiger partial charge in [-0.2, -0.15) is 0 Å². The van der Waals surface area contributed by atoms with Crippen LogP contribution in [0.3, 0.4) is 0 Å². The third-order valence-corrected chi connectivity index (χ3v) is 8.12. The zero-order valence-corrected chi connectivity index (χ0v) is 21.6. The van der Waals surface area contributed by atoms with E-state index in [1.165, 1.54) is 7.11 Å². The van der Waals surface area contributed by atoms with Crippen molar-refractivity contribution in [3.63, 3.8) is 0 Å². The van der Waals surface area contributed by atoms with Crippen LogP contribution in [0.25, 0.3) is 0 Å². The van der Waals surface area contributed by atoms with Gasteiger partial charge in [-0.05, 0) is 41.7 Å². The second-order valence-electron chi connectivity index (χ2n) is 10.1. The van der Waals surface area contributed by atoms with E-state index in [0.717, 1.165) is 11.1 Å². The Morgan fingerprint density at radius 3 is 2.13 bits per heavy atom. The summed E-state index contributed by atoms with van der Waals surface area (Å²) in [6.07, 6.45) is 1.43. The summed E-state index contributed by atoms with van der Waals surface area (Å²) in [7, 11) is 1.33. The first-order valence-corrected chi connectivity index (χ1v) is 13.1. The van der Waals surface area contributed by atoms with E-state index in [9.17, 15) is 14.4 Å². The van der Waals surface area contributed by atoms with Crippen LogP contribution in [0.4, 0.5) is 0 Å². The molecule has 0 aliphatic carbocycles. The van der Waals surface area contributed by atoms with Crippen molar-refractivity contribution >= 4 is 17.9 Å². The standard InChI is InChI=1S/C31H29NO7/c1-36-27(33)24-14-8-9-21(19-24)20-37-31-25-15-17-32(18-16-25)30(31,38-28(34)29(35)39-31)26(22-10-4-2-5-11-22)23-12-6-3-7-13-23/h2-14,19,25-26H,15-18,20H2,1H3. The van der Waals surface area contributed by atoms with E-state index in [1.807, 2.05) is 66.7 Å². The Kier molecular flexibility index (Phi) is 6.45. The molecular weight excluding hydrogens is 498 g/mol. The van der Waals surface area contributed by atoms with Gasteiger partial charge in [0.25, 0.3) is 5.79 Å². The molecule has 4 aliphatic heterocycles. The van der Waals surface area contributed by atoms with E-state index in [1.54, 1.807) is 18.2 Å². The third kappa shape index (κ3) is 4.02. The lowest BCUT2D eigenvalue weighted by Gasteiger charge is -2.65. The first kappa shape index (κ1) is 25.3. The van der Waals surface area contributed by atoms with Crippen molar-refractivity contribution in [3.05, 3.63) is 107 Å². The highest BCUT2D eigenvalue weighted by Crippen LogP contribution is 2.59. The average Bonchev–Trinajstić information content (AvgIpc) is 2.99. The molecule has 0 spiro atoms. The molecule has 4 heterocycles. The van der Waals surface area contributed by atoms with Crippen LogP contribution in [0.15, 0.2) is 84.9 Å². The maximum Gasteiger partial charge on any atom is 0.420 e. The molecule has 2 bridgehead atoms. The number of esters is 3. The Hall–Kier alpha value is -4.01. The molecule has 0 amide bonds. The number of benzene rings is 3. The summed E-state index contributed by atoms with van der Waals surface area (Å²) in [5.74, 6) is -4.86. The van der Waals surface area contributed by atoms with Crippen molar-refractivity contribution in [1.82, 2.24) is 4.90 Å². The molecule has 2 atom stereocenters. The van der Waals surface area contributed by atoms with Crippen molar-refractivity contribution in [3.8, 4) is 0 Å². The summed E-state index contributed by atoms with van der Waals surface area (Å²) in [4.78, 5) is 40.2. The minimum absolute atomic E-state index is 0.0258. The first-order valence-electron chi connectivity index (χ1n) is 13.1. The number of carbonyl (C=O) groups is 3. The summed E-state index contributed by atoms with van der Waals surface area (Å²) in [6.45, 7) is 1.35. The molecule has 7 rings (SSSR count).